The molecule has 15 heavy (non-hydrogen) atoms. The van der Waals surface area contributed by atoms with Crippen LogP contribution in [0.4, 0.5) is 5.69 Å². The molecule has 0 saturated heterocycles. The summed E-state index contributed by atoms with van der Waals surface area (Å²) in [5, 5.41) is 6.46. The van der Waals surface area contributed by atoms with Gasteiger partial charge in [0.1, 0.15) is 5.75 Å². The van der Waals surface area contributed by atoms with Gasteiger partial charge in [-0.2, -0.15) is 0 Å². The fourth-order valence-corrected chi connectivity index (χ4v) is 1.50. The first-order valence-corrected chi connectivity index (χ1v) is 5.37. The van der Waals surface area contributed by atoms with Gasteiger partial charge in [-0.3, -0.25) is 0 Å². The van der Waals surface area contributed by atoms with Crippen molar-refractivity contribution in [3.8, 4) is 5.75 Å². The summed E-state index contributed by atoms with van der Waals surface area (Å²) in [5.41, 5.74) is 2.40. The van der Waals surface area contributed by atoms with Crippen molar-refractivity contribution >= 4 is 5.69 Å². The second-order valence-corrected chi connectivity index (χ2v) is 3.41. The zero-order chi connectivity index (χ0) is 11.1. The fraction of sp³-hybridized carbons (Fsp3) is 0.500. The van der Waals surface area contributed by atoms with Gasteiger partial charge in [0.2, 0.25) is 0 Å². The summed E-state index contributed by atoms with van der Waals surface area (Å²) in [6, 6.07) is 6.21. The van der Waals surface area contributed by atoms with Crippen molar-refractivity contribution in [2.24, 2.45) is 0 Å². The van der Waals surface area contributed by atoms with E-state index in [1.54, 1.807) is 7.11 Å². The van der Waals surface area contributed by atoms with Crippen molar-refractivity contribution in [2.75, 3.05) is 32.6 Å². The molecule has 0 atom stereocenters. The summed E-state index contributed by atoms with van der Waals surface area (Å²) < 4.78 is 5.28. The first-order chi connectivity index (χ1) is 7.31. The Morgan fingerprint density at radius 2 is 2.07 bits per heavy atom. The van der Waals surface area contributed by atoms with E-state index in [1.807, 2.05) is 19.2 Å². The van der Waals surface area contributed by atoms with Gasteiger partial charge in [-0.1, -0.05) is 6.92 Å². The number of aryl methyl sites for hydroxylation is 1. The standard InChI is InChI=1S/C12H20N2O/c1-4-10-9-11(14-8-7-13-2)5-6-12(10)15-3/h5-6,9,13-14H,4,7-8H2,1-3H3. The smallest absolute Gasteiger partial charge is 0.122 e. The molecule has 1 rings (SSSR count). The lowest BCUT2D eigenvalue weighted by molar-refractivity contribution is 0.410. The molecular formula is C12H20N2O. The minimum absolute atomic E-state index is 0.936. The minimum Gasteiger partial charge on any atom is -0.496 e. The summed E-state index contributed by atoms with van der Waals surface area (Å²) in [7, 11) is 3.66. The second-order valence-electron chi connectivity index (χ2n) is 3.41. The number of rotatable bonds is 6. The normalized spacial score (nSPS) is 10.1. The van der Waals surface area contributed by atoms with E-state index in [4.69, 9.17) is 4.74 Å². The lowest BCUT2D eigenvalue weighted by atomic mass is 10.1. The van der Waals surface area contributed by atoms with E-state index in [-0.39, 0.29) is 0 Å². The molecule has 0 aromatic heterocycles. The van der Waals surface area contributed by atoms with E-state index in [0.29, 0.717) is 0 Å². The third kappa shape index (κ3) is 3.44. The Labute approximate surface area is 91.8 Å². The van der Waals surface area contributed by atoms with Gasteiger partial charge in [0.05, 0.1) is 7.11 Å². The number of methoxy groups -OCH3 is 1. The molecule has 84 valence electrons. The number of hydrogen-bond donors (Lipinski definition) is 2. The molecule has 0 unspecified atom stereocenters. The Morgan fingerprint density at radius 3 is 2.67 bits per heavy atom. The van der Waals surface area contributed by atoms with Crippen LogP contribution in [0.15, 0.2) is 18.2 Å². The maximum absolute atomic E-state index is 5.28. The quantitative estimate of drug-likeness (QED) is 0.700. The molecule has 0 amide bonds. The van der Waals surface area contributed by atoms with Gasteiger partial charge in [-0.15, -0.1) is 0 Å². The van der Waals surface area contributed by atoms with Crippen molar-refractivity contribution in [3.63, 3.8) is 0 Å². The third-order valence-electron chi connectivity index (χ3n) is 2.37. The van der Waals surface area contributed by atoms with Crippen molar-refractivity contribution in [2.45, 2.75) is 13.3 Å². The van der Waals surface area contributed by atoms with Crippen LogP contribution in [-0.2, 0) is 6.42 Å². The van der Waals surface area contributed by atoms with Crippen LogP contribution in [0.1, 0.15) is 12.5 Å². The first-order valence-electron chi connectivity index (χ1n) is 5.37. The SMILES string of the molecule is CCc1cc(NCCNC)ccc1OC. The molecule has 3 nitrogen and oxygen atoms in total. The van der Waals surface area contributed by atoms with Gasteiger partial charge in [0, 0.05) is 18.8 Å². The topological polar surface area (TPSA) is 33.3 Å². The molecule has 0 saturated carbocycles. The number of benzene rings is 1. The highest BCUT2D eigenvalue weighted by Crippen LogP contribution is 2.22. The molecule has 0 spiro atoms. The van der Waals surface area contributed by atoms with Gasteiger partial charge in [-0.25, -0.2) is 0 Å². The molecule has 0 radical (unpaired) electrons. The maximum Gasteiger partial charge on any atom is 0.122 e. The fourth-order valence-electron chi connectivity index (χ4n) is 1.50. The van der Waals surface area contributed by atoms with E-state index in [9.17, 15) is 0 Å². The average molecular weight is 208 g/mol. The number of likely N-dealkylation sites (N-methyl/N-ethyl adjacent to an activating group) is 1. The van der Waals surface area contributed by atoms with Crippen LogP contribution in [0.2, 0.25) is 0 Å². The first kappa shape index (κ1) is 11.9. The van der Waals surface area contributed by atoms with Gasteiger partial charge < -0.3 is 15.4 Å². The zero-order valence-electron chi connectivity index (χ0n) is 9.76. The van der Waals surface area contributed by atoms with Crippen molar-refractivity contribution in [1.29, 1.82) is 0 Å². The van der Waals surface area contributed by atoms with Crippen molar-refractivity contribution in [1.82, 2.24) is 5.32 Å². The molecule has 1 aromatic rings. The maximum atomic E-state index is 5.28. The van der Waals surface area contributed by atoms with Crippen LogP contribution in [0, 0.1) is 0 Å². The summed E-state index contributed by atoms with van der Waals surface area (Å²) in [6.07, 6.45) is 0.991. The summed E-state index contributed by atoms with van der Waals surface area (Å²) in [4.78, 5) is 0. The van der Waals surface area contributed by atoms with Crippen LogP contribution < -0.4 is 15.4 Å². The molecule has 0 aliphatic heterocycles. The molecule has 1 aromatic carbocycles. The lowest BCUT2D eigenvalue weighted by Gasteiger charge is -2.10. The van der Waals surface area contributed by atoms with E-state index in [0.717, 1.165) is 30.9 Å². The number of hydrogen-bond acceptors (Lipinski definition) is 3. The highest BCUT2D eigenvalue weighted by atomic mass is 16.5. The molecule has 0 heterocycles. The molecular weight excluding hydrogens is 188 g/mol. The summed E-state index contributed by atoms with van der Waals surface area (Å²) >= 11 is 0. The predicted molar refractivity (Wildman–Crippen MR) is 64.8 cm³/mol. The van der Waals surface area contributed by atoms with E-state index in [1.165, 1.54) is 5.56 Å². The summed E-state index contributed by atoms with van der Waals surface area (Å²) in [6.45, 7) is 4.04. The number of nitrogens with one attached hydrogen (secondary N) is 2. The molecule has 2 N–H and O–H groups in total. The summed E-state index contributed by atoms with van der Waals surface area (Å²) in [5.74, 6) is 0.969. The number of anilines is 1. The Balaban J connectivity index is 2.66. The molecule has 0 bridgehead atoms. The molecule has 3 heteroatoms. The molecule has 0 aliphatic rings. The van der Waals surface area contributed by atoms with Crippen molar-refractivity contribution < 1.29 is 4.74 Å². The predicted octanol–water partition coefficient (Wildman–Crippen LogP) is 1.89. The molecule has 0 aliphatic carbocycles. The van der Waals surface area contributed by atoms with Crippen LogP contribution >= 0.6 is 0 Å². The lowest BCUT2D eigenvalue weighted by Crippen LogP contribution is -2.17. The number of ether oxygens (including phenoxy) is 1. The van der Waals surface area contributed by atoms with Crippen LogP contribution in [0.25, 0.3) is 0 Å². The largest absolute Gasteiger partial charge is 0.496 e. The van der Waals surface area contributed by atoms with Gasteiger partial charge in [-0.05, 0) is 37.2 Å². The second kappa shape index (κ2) is 6.30. The highest BCUT2D eigenvalue weighted by molar-refractivity contribution is 5.51. The van der Waals surface area contributed by atoms with Gasteiger partial charge in [0.25, 0.3) is 0 Å². The van der Waals surface area contributed by atoms with Crippen molar-refractivity contribution in [3.05, 3.63) is 23.8 Å². The minimum atomic E-state index is 0.936. The Morgan fingerprint density at radius 1 is 1.27 bits per heavy atom. The highest BCUT2D eigenvalue weighted by Gasteiger charge is 2.01. The van der Waals surface area contributed by atoms with Crippen LogP contribution in [0.3, 0.4) is 0 Å². The molecule has 0 fully saturated rings. The Kier molecular flexibility index (Phi) is 4.98. The van der Waals surface area contributed by atoms with Crippen LogP contribution in [0.5, 0.6) is 5.75 Å². The van der Waals surface area contributed by atoms with E-state index >= 15 is 0 Å². The van der Waals surface area contributed by atoms with E-state index in [2.05, 4.69) is 23.6 Å². The Bertz CT molecular complexity index is 300. The monoisotopic (exact) mass is 208 g/mol. The Hall–Kier alpha value is -1.22. The zero-order valence-corrected chi connectivity index (χ0v) is 9.76. The van der Waals surface area contributed by atoms with Crippen LogP contribution in [-0.4, -0.2) is 27.2 Å². The van der Waals surface area contributed by atoms with Gasteiger partial charge >= 0.3 is 0 Å². The average Bonchev–Trinajstić information content (AvgIpc) is 2.29. The third-order valence-corrected chi connectivity index (χ3v) is 2.37. The van der Waals surface area contributed by atoms with Gasteiger partial charge in [0.15, 0.2) is 0 Å². The van der Waals surface area contributed by atoms with E-state index < -0.39 is 0 Å².